The second-order valence-corrected chi connectivity index (χ2v) is 6.86. The number of rotatable bonds is 8. The molecule has 3 rings (SSSR count). The van der Waals surface area contributed by atoms with Crippen LogP contribution in [0.3, 0.4) is 0 Å². The molecule has 1 aliphatic carbocycles. The summed E-state index contributed by atoms with van der Waals surface area (Å²) in [6.45, 7) is 2.26. The van der Waals surface area contributed by atoms with Crippen LogP contribution in [0.15, 0.2) is 48.5 Å². The number of benzene rings is 2. The number of aryl methyl sites for hydroxylation is 1. The predicted molar refractivity (Wildman–Crippen MR) is 102 cm³/mol. The molecule has 0 radical (unpaired) electrons. The van der Waals surface area contributed by atoms with E-state index in [1.54, 1.807) is 7.11 Å². The number of esters is 1. The van der Waals surface area contributed by atoms with Crippen LogP contribution < -0.4 is 4.74 Å². The fourth-order valence-corrected chi connectivity index (χ4v) is 2.97. The first-order valence-corrected chi connectivity index (χ1v) is 9.19. The average Bonchev–Trinajstić information content (AvgIpc) is 3.51. The van der Waals surface area contributed by atoms with Gasteiger partial charge in [-0.05, 0) is 48.6 Å². The fraction of sp³-hybridized carbons (Fsp3) is 0.364. The minimum Gasteiger partial charge on any atom is -0.497 e. The number of ether oxygens (including phenoxy) is 2. The third-order valence-electron chi connectivity index (χ3n) is 4.77. The zero-order valence-electron chi connectivity index (χ0n) is 15.8. The van der Waals surface area contributed by atoms with Crippen molar-refractivity contribution in [1.82, 2.24) is 4.90 Å². The lowest BCUT2D eigenvalue weighted by molar-refractivity contribution is -0.152. The van der Waals surface area contributed by atoms with Crippen LogP contribution in [0.1, 0.15) is 29.5 Å². The van der Waals surface area contributed by atoms with Gasteiger partial charge in [0.05, 0.1) is 13.5 Å². The lowest BCUT2D eigenvalue weighted by Gasteiger charge is -2.22. The number of amides is 1. The normalized spacial score (nSPS) is 13.1. The van der Waals surface area contributed by atoms with E-state index in [0.717, 1.165) is 35.3 Å². The van der Waals surface area contributed by atoms with E-state index in [0.29, 0.717) is 6.54 Å². The average molecular weight is 367 g/mol. The highest BCUT2D eigenvalue weighted by atomic mass is 16.5. The van der Waals surface area contributed by atoms with Gasteiger partial charge in [0.1, 0.15) is 5.75 Å². The molecule has 1 aliphatic rings. The molecule has 2 aromatic rings. The van der Waals surface area contributed by atoms with Crippen molar-refractivity contribution < 1.29 is 19.1 Å². The van der Waals surface area contributed by atoms with Gasteiger partial charge < -0.3 is 14.4 Å². The minimum atomic E-state index is -0.377. The molecule has 1 fully saturated rings. The standard InChI is InChI=1S/C22H25NO4/c1-16-5-3-4-6-18(16)13-22(25)27-15-21(24)23(19-9-10-19)14-17-7-11-20(26-2)12-8-17/h3-8,11-12,19H,9-10,13-15H2,1-2H3. The van der Waals surface area contributed by atoms with E-state index in [2.05, 4.69) is 0 Å². The van der Waals surface area contributed by atoms with E-state index in [4.69, 9.17) is 9.47 Å². The van der Waals surface area contributed by atoms with E-state index in [9.17, 15) is 9.59 Å². The van der Waals surface area contributed by atoms with Crippen LogP contribution in [0.4, 0.5) is 0 Å². The lowest BCUT2D eigenvalue weighted by atomic mass is 10.1. The van der Waals surface area contributed by atoms with E-state index < -0.39 is 0 Å². The van der Waals surface area contributed by atoms with Gasteiger partial charge in [0, 0.05) is 12.6 Å². The molecular weight excluding hydrogens is 342 g/mol. The molecule has 1 amide bonds. The molecule has 5 heteroatoms. The fourth-order valence-electron chi connectivity index (χ4n) is 2.97. The largest absolute Gasteiger partial charge is 0.497 e. The molecule has 1 saturated carbocycles. The van der Waals surface area contributed by atoms with Crippen molar-refractivity contribution in [3.05, 3.63) is 65.2 Å². The van der Waals surface area contributed by atoms with Gasteiger partial charge in [-0.2, -0.15) is 0 Å². The smallest absolute Gasteiger partial charge is 0.310 e. The number of carbonyl (C=O) groups excluding carboxylic acids is 2. The van der Waals surface area contributed by atoms with Crippen LogP contribution in [0.2, 0.25) is 0 Å². The summed E-state index contributed by atoms with van der Waals surface area (Å²) in [5.41, 5.74) is 2.99. The predicted octanol–water partition coefficient (Wildman–Crippen LogP) is 3.28. The SMILES string of the molecule is COc1ccc(CN(C(=O)COC(=O)Cc2ccccc2C)C2CC2)cc1. The van der Waals surface area contributed by atoms with E-state index in [1.165, 1.54) is 0 Å². The highest BCUT2D eigenvalue weighted by Crippen LogP contribution is 2.29. The van der Waals surface area contributed by atoms with Gasteiger partial charge in [0.15, 0.2) is 6.61 Å². The molecule has 0 heterocycles. The first-order chi connectivity index (χ1) is 13.1. The highest BCUT2D eigenvalue weighted by Gasteiger charge is 2.32. The van der Waals surface area contributed by atoms with Crippen LogP contribution in [0.5, 0.6) is 5.75 Å². The summed E-state index contributed by atoms with van der Waals surface area (Å²) in [6.07, 6.45) is 2.18. The monoisotopic (exact) mass is 367 g/mol. The summed E-state index contributed by atoms with van der Waals surface area (Å²) in [6, 6.07) is 15.6. The van der Waals surface area contributed by atoms with Gasteiger partial charge in [0.2, 0.25) is 0 Å². The Labute approximate surface area is 159 Å². The summed E-state index contributed by atoms with van der Waals surface area (Å²) < 4.78 is 10.4. The maximum Gasteiger partial charge on any atom is 0.310 e. The number of methoxy groups -OCH3 is 1. The van der Waals surface area contributed by atoms with Crippen LogP contribution in [0.25, 0.3) is 0 Å². The van der Waals surface area contributed by atoms with Gasteiger partial charge in [0.25, 0.3) is 5.91 Å². The molecule has 2 aromatic carbocycles. The molecule has 0 aromatic heterocycles. The molecule has 0 N–H and O–H groups in total. The van der Waals surface area contributed by atoms with Gasteiger partial charge >= 0.3 is 5.97 Å². The first-order valence-electron chi connectivity index (χ1n) is 9.19. The molecule has 0 saturated heterocycles. The van der Waals surface area contributed by atoms with Gasteiger partial charge in [-0.3, -0.25) is 9.59 Å². The summed E-state index contributed by atoms with van der Waals surface area (Å²) in [5, 5.41) is 0. The topological polar surface area (TPSA) is 55.8 Å². The Morgan fingerprint density at radius 3 is 2.41 bits per heavy atom. The van der Waals surface area contributed by atoms with Crippen LogP contribution in [-0.2, 0) is 27.3 Å². The van der Waals surface area contributed by atoms with Crippen molar-refractivity contribution in [1.29, 1.82) is 0 Å². The maximum absolute atomic E-state index is 12.6. The Kier molecular flexibility index (Phi) is 6.12. The summed E-state index contributed by atoms with van der Waals surface area (Å²) >= 11 is 0. The van der Waals surface area contributed by atoms with E-state index >= 15 is 0 Å². The van der Waals surface area contributed by atoms with Crippen molar-refractivity contribution in [2.24, 2.45) is 0 Å². The molecule has 5 nitrogen and oxygen atoms in total. The van der Waals surface area contributed by atoms with E-state index in [-0.39, 0.29) is 30.9 Å². The maximum atomic E-state index is 12.6. The van der Waals surface area contributed by atoms with Gasteiger partial charge in [-0.15, -0.1) is 0 Å². The second-order valence-electron chi connectivity index (χ2n) is 6.86. The molecule has 27 heavy (non-hydrogen) atoms. The third-order valence-corrected chi connectivity index (χ3v) is 4.77. The zero-order chi connectivity index (χ0) is 19.2. The van der Waals surface area contributed by atoms with Crippen molar-refractivity contribution >= 4 is 11.9 Å². The van der Waals surface area contributed by atoms with Crippen LogP contribution in [-0.4, -0.2) is 36.5 Å². The second kappa shape index (κ2) is 8.71. The Hall–Kier alpha value is -2.82. The summed E-state index contributed by atoms with van der Waals surface area (Å²) in [7, 11) is 1.63. The van der Waals surface area contributed by atoms with Crippen molar-refractivity contribution in [2.45, 2.75) is 38.8 Å². The third kappa shape index (κ3) is 5.33. The zero-order valence-corrected chi connectivity index (χ0v) is 15.8. The number of carbonyl (C=O) groups is 2. The first kappa shape index (κ1) is 19.0. The Morgan fingerprint density at radius 1 is 1.07 bits per heavy atom. The van der Waals surface area contributed by atoms with Crippen LogP contribution >= 0.6 is 0 Å². The van der Waals surface area contributed by atoms with Gasteiger partial charge in [-0.25, -0.2) is 0 Å². The quantitative estimate of drug-likeness (QED) is 0.672. The number of hydrogen-bond acceptors (Lipinski definition) is 4. The van der Waals surface area contributed by atoms with Crippen molar-refractivity contribution in [2.75, 3.05) is 13.7 Å². The Bertz CT molecular complexity index is 796. The Morgan fingerprint density at radius 2 is 1.78 bits per heavy atom. The summed E-state index contributed by atoms with van der Waals surface area (Å²) in [4.78, 5) is 26.5. The number of nitrogens with zero attached hydrogens (tertiary/aromatic N) is 1. The van der Waals surface area contributed by atoms with Crippen molar-refractivity contribution in [3.8, 4) is 5.75 Å². The lowest BCUT2D eigenvalue weighted by Crippen LogP contribution is -2.36. The molecule has 0 unspecified atom stereocenters. The molecular formula is C22H25NO4. The van der Waals surface area contributed by atoms with Crippen molar-refractivity contribution in [3.63, 3.8) is 0 Å². The molecule has 0 atom stereocenters. The molecule has 0 bridgehead atoms. The summed E-state index contributed by atoms with van der Waals surface area (Å²) in [5.74, 6) is 0.262. The van der Waals surface area contributed by atoms with E-state index in [1.807, 2.05) is 60.4 Å². The highest BCUT2D eigenvalue weighted by molar-refractivity contribution is 5.82. The van der Waals surface area contributed by atoms with Crippen LogP contribution in [0, 0.1) is 6.92 Å². The Balaban J connectivity index is 1.54. The molecule has 142 valence electrons. The molecule has 0 aliphatic heterocycles. The van der Waals surface area contributed by atoms with Gasteiger partial charge in [-0.1, -0.05) is 36.4 Å². The minimum absolute atomic E-state index is 0.147. The number of hydrogen-bond donors (Lipinski definition) is 0. The molecule has 0 spiro atoms.